The van der Waals surface area contributed by atoms with Crippen molar-refractivity contribution >= 4 is 24.4 Å². The topological polar surface area (TPSA) is 119 Å². The summed E-state index contributed by atoms with van der Waals surface area (Å²) in [6, 6.07) is 0. The number of hydrogen-bond donors (Lipinski definition) is 3. The third-order valence-corrected chi connectivity index (χ3v) is 6.59. The first-order valence-electron chi connectivity index (χ1n) is 8.07. The molecule has 6 atom stereocenters. The summed E-state index contributed by atoms with van der Waals surface area (Å²) in [6.07, 6.45) is -0.119. The lowest BCUT2D eigenvalue weighted by Crippen LogP contribution is -2.52. The van der Waals surface area contributed by atoms with Crippen molar-refractivity contribution in [2.24, 2.45) is 10.7 Å². The van der Waals surface area contributed by atoms with E-state index in [0.29, 0.717) is 25.0 Å². The largest absolute Gasteiger partial charge is 0.384 e. The second kappa shape index (κ2) is 6.86. The van der Waals surface area contributed by atoms with Gasteiger partial charge in [-0.25, -0.2) is 4.99 Å². The normalized spacial score (nSPS) is 40.4. The number of fused-ring (bicyclic) bond motifs is 2. The van der Waals surface area contributed by atoms with E-state index in [1.54, 1.807) is 18.0 Å². The first-order chi connectivity index (χ1) is 11.7. The lowest BCUT2D eigenvalue weighted by Gasteiger charge is -2.38. The molecule has 0 amide bonds. The summed E-state index contributed by atoms with van der Waals surface area (Å²) < 4.78 is 22.8. The third-order valence-electron chi connectivity index (χ3n) is 4.93. The molecule has 142 valence electrons. The molecule has 3 heterocycles. The Morgan fingerprint density at radius 2 is 2.32 bits per heavy atom. The lowest BCUT2D eigenvalue weighted by molar-refractivity contribution is -0.145. The minimum atomic E-state index is -3.41. The van der Waals surface area contributed by atoms with Crippen LogP contribution in [-0.2, 0) is 30.3 Å². The monoisotopic (exact) mass is 393 g/mol. The van der Waals surface area contributed by atoms with Gasteiger partial charge >= 0.3 is 6.72 Å². The minimum absolute atomic E-state index is 0.272. The van der Waals surface area contributed by atoms with Gasteiger partial charge in [0.05, 0.1) is 6.61 Å². The van der Waals surface area contributed by atoms with Gasteiger partial charge < -0.3 is 34.6 Å². The molecule has 2 fully saturated rings. The van der Waals surface area contributed by atoms with Gasteiger partial charge in [0.15, 0.2) is 6.23 Å². The van der Waals surface area contributed by atoms with Crippen LogP contribution >= 0.6 is 6.72 Å². The summed E-state index contributed by atoms with van der Waals surface area (Å²) in [6.45, 7) is 0.838. The number of amidine groups is 1. The van der Waals surface area contributed by atoms with E-state index in [-0.39, 0.29) is 5.84 Å². The second-order valence-corrected chi connectivity index (χ2v) is 9.21. The fourth-order valence-corrected chi connectivity index (χ4v) is 4.41. The van der Waals surface area contributed by atoms with Crippen LogP contribution in [0.1, 0.15) is 26.7 Å². The molecule has 3 aliphatic heterocycles. The maximum absolute atomic E-state index is 10.3. The highest BCUT2D eigenvalue weighted by molar-refractivity contribution is 8.07. The highest BCUT2D eigenvalue weighted by atomic mass is 32.5. The van der Waals surface area contributed by atoms with Crippen LogP contribution in [0.4, 0.5) is 0 Å². The number of aliphatic hydroxyl groups excluding tert-OH is 1. The Bertz CT molecular complexity index is 646. The van der Waals surface area contributed by atoms with Crippen LogP contribution in [-0.4, -0.2) is 64.8 Å². The molecule has 0 aromatic rings. The molecule has 3 aliphatic rings. The Morgan fingerprint density at radius 3 is 2.96 bits per heavy atom. The zero-order chi connectivity index (χ0) is 18.4. The molecule has 0 aliphatic carbocycles. The van der Waals surface area contributed by atoms with Crippen molar-refractivity contribution in [2.75, 3.05) is 13.7 Å². The van der Waals surface area contributed by atoms with Crippen molar-refractivity contribution in [3.63, 3.8) is 0 Å². The van der Waals surface area contributed by atoms with E-state index in [4.69, 9.17) is 36.1 Å². The molecular weight excluding hydrogens is 369 g/mol. The molecule has 2 saturated heterocycles. The molecule has 3 rings (SSSR count). The van der Waals surface area contributed by atoms with Gasteiger partial charge in [0.25, 0.3) is 0 Å². The summed E-state index contributed by atoms with van der Waals surface area (Å²) >= 11 is 5.01. The molecule has 0 radical (unpaired) electrons. The predicted octanol–water partition coefficient (Wildman–Crippen LogP) is 0.381. The van der Waals surface area contributed by atoms with Crippen LogP contribution in [0.15, 0.2) is 16.8 Å². The summed E-state index contributed by atoms with van der Waals surface area (Å²) in [4.78, 5) is 15.7. The standard InChI is InChI=1S/C14H24N3O6PS/c1-4-14-5-6-21-9(10(14)23-24(19,25)20-3)12(22-14)17-7-8(2)11(15)16-13(17)18/h7,9-10,12-13,18H,4-6H2,1-3H3,(H2,15,16)(H,19,25)/t9?,10?,12-,13?,14+,24?/m1/s1. The van der Waals surface area contributed by atoms with Gasteiger partial charge in [-0.15, -0.1) is 0 Å². The van der Waals surface area contributed by atoms with Gasteiger partial charge in [0, 0.05) is 25.3 Å². The molecule has 11 heteroatoms. The molecule has 4 unspecified atom stereocenters. The van der Waals surface area contributed by atoms with Gasteiger partial charge in [-0.05, 0) is 25.2 Å². The number of nitrogens with zero attached hydrogens (tertiary/aromatic N) is 2. The Morgan fingerprint density at radius 1 is 1.60 bits per heavy atom. The highest BCUT2D eigenvalue weighted by Crippen LogP contribution is 2.53. The van der Waals surface area contributed by atoms with E-state index in [0.717, 1.165) is 0 Å². The lowest BCUT2D eigenvalue weighted by atomic mass is 9.87. The molecule has 25 heavy (non-hydrogen) atoms. The van der Waals surface area contributed by atoms with Gasteiger partial charge in [-0.1, -0.05) is 6.92 Å². The molecule has 9 nitrogen and oxygen atoms in total. The molecule has 0 saturated carbocycles. The summed E-state index contributed by atoms with van der Waals surface area (Å²) in [5, 5.41) is 10.3. The van der Waals surface area contributed by atoms with E-state index in [1.807, 2.05) is 6.92 Å². The predicted molar refractivity (Wildman–Crippen MR) is 93.9 cm³/mol. The second-order valence-electron chi connectivity index (χ2n) is 6.31. The van der Waals surface area contributed by atoms with Crippen molar-refractivity contribution in [1.82, 2.24) is 4.90 Å². The Hall–Kier alpha value is -0.580. The number of aliphatic hydroxyl groups is 1. The first kappa shape index (κ1) is 19.2. The fourth-order valence-electron chi connectivity index (χ4n) is 3.45. The molecule has 4 N–H and O–H groups in total. The third kappa shape index (κ3) is 3.38. The van der Waals surface area contributed by atoms with E-state index >= 15 is 0 Å². The number of hydrogen-bond acceptors (Lipinski definition) is 9. The van der Waals surface area contributed by atoms with Crippen LogP contribution in [0, 0.1) is 0 Å². The van der Waals surface area contributed by atoms with Crippen molar-refractivity contribution in [1.29, 1.82) is 0 Å². The Labute approximate surface area is 151 Å². The average molecular weight is 393 g/mol. The van der Waals surface area contributed by atoms with Crippen molar-refractivity contribution in [3.8, 4) is 0 Å². The van der Waals surface area contributed by atoms with Crippen molar-refractivity contribution in [3.05, 3.63) is 11.8 Å². The first-order valence-corrected chi connectivity index (χ1v) is 10.7. The van der Waals surface area contributed by atoms with Gasteiger partial charge in [-0.2, -0.15) is 0 Å². The minimum Gasteiger partial charge on any atom is -0.384 e. The van der Waals surface area contributed by atoms with Crippen LogP contribution in [0.3, 0.4) is 0 Å². The number of rotatable bonds is 5. The van der Waals surface area contributed by atoms with E-state index in [9.17, 15) is 10.00 Å². The zero-order valence-corrected chi connectivity index (χ0v) is 16.1. The van der Waals surface area contributed by atoms with Gasteiger partial charge in [0.2, 0.25) is 6.35 Å². The van der Waals surface area contributed by atoms with E-state index < -0.39 is 37.1 Å². The number of nitrogens with two attached hydrogens (primary N) is 1. The average Bonchev–Trinajstić information content (AvgIpc) is 2.73. The summed E-state index contributed by atoms with van der Waals surface area (Å²) in [5.74, 6) is 0.272. The quantitative estimate of drug-likeness (QED) is 0.570. The van der Waals surface area contributed by atoms with Crippen LogP contribution in [0.5, 0.6) is 0 Å². The molecular formula is C14H24N3O6PS. The Kier molecular flexibility index (Phi) is 5.27. The smallest absolute Gasteiger partial charge is 0.324 e. The van der Waals surface area contributed by atoms with Crippen molar-refractivity contribution < 1.29 is 28.5 Å². The van der Waals surface area contributed by atoms with Gasteiger partial charge in [0.1, 0.15) is 23.6 Å². The van der Waals surface area contributed by atoms with E-state index in [2.05, 4.69) is 4.99 Å². The van der Waals surface area contributed by atoms with Crippen LogP contribution in [0.25, 0.3) is 0 Å². The zero-order valence-electron chi connectivity index (χ0n) is 14.4. The maximum atomic E-state index is 10.3. The summed E-state index contributed by atoms with van der Waals surface area (Å²) in [7, 11) is 1.31. The molecule has 0 aromatic heterocycles. The SMILES string of the molecule is CC[C@]12CCOC(C1OP(O)(=S)OC)[C@H](N1C=C(C)C(N)=NC1O)O2. The molecule has 0 aromatic carbocycles. The highest BCUT2D eigenvalue weighted by Gasteiger charge is 2.61. The number of ether oxygens (including phenoxy) is 2. The number of aliphatic imine (C=N–C) groups is 1. The van der Waals surface area contributed by atoms with Gasteiger partial charge in [-0.3, -0.25) is 4.52 Å². The Balaban J connectivity index is 1.92. The molecule has 0 spiro atoms. The van der Waals surface area contributed by atoms with Crippen LogP contribution < -0.4 is 5.73 Å². The van der Waals surface area contributed by atoms with Crippen LogP contribution in [0.2, 0.25) is 0 Å². The molecule has 2 bridgehead atoms. The fraction of sp³-hybridized carbons (Fsp3) is 0.786. The summed E-state index contributed by atoms with van der Waals surface area (Å²) in [5.41, 5.74) is 5.78. The maximum Gasteiger partial charge on any atom is 0.324 e. The van der Waals surface area contributed by atoms with E-state index in [1.165, 1.54) is 7.11 Å². The van der Waals surface area contributed by atoms with Crippen molar-refractivity contribution in [2.45, 2.75) is 57.1 Å².